The van der Waals surface area contributed by atoms with Crippen LogP contribution >= 0.6 is 0 Å². The zero-order valence-electron chi connectivity index (χ0n) is 10.3. The van der Waals surface area contributed by atoms with Crippen molar-refractivity contribution in [3.63, 3.8) is 0 Å². The summed E-state index contributed by atoms with van der Waals surface area (Å²) < 4.78 is 12.9. The normalized spacial score (nSPS) is 17.1. The van der Waals surface area contributed by atoms with Gasteiger partial charge < -0.3 is 10.4 Å². The molecule has 0 atom stereocenters. The predicted molar refractivity (Wildman–Crippen MR) is 66.2 cm³/mol. The van der Waals surface area contributed by atoms with Crippen LogP contribution in [0.4, 0.5) is 4.39 Å². The number of aliphatic hydroxyl groups excluding tert-OH is 1. The van der Waals surface area contributed by atoms with E-state index in [0.29, 0.717) is 5.41 Å². The Labute approximate surface area is 102 Å². The second-order valence-electron chi connectivity index (χ2n) is 5.15. The van der Waals surface area contributed by atoms with Crippen LogP contribution in [0.1, 0.15) is 30.4 Å². The van der Waals surface area contributed by atoms with Gasteiger partial charge in [0.25, 0.3) is 0 Å². The minimum atomic E-state index is -0.176. The molecule has 1 aliphatic carbocycles. The molecule has 1 aromatic rings. The molecule has 1 aromatic carbocycles. The van der Waals surface area contributed by atoms with E-state index in [4.69, 9.17) is 5.11 Å². The summed E-state index contributed by atoms with van der Waals surface area (Å²) in [5.41, 5.74) is 2.47. The average Bonchev–Trinajstić information content (AvgIpc) is 3.02. The third kappa shape index (κ3) is 3.27. The first-order valence-corrected chi connectivity index (χ1v) is 6.22. The molecule has 3 heteroatoms. The first-order valence-electron chi connectivity index (χ1n) is 6.22. The van der Waals surface area contributed by atoms with Crippen LogP contribution in [0.15, 0.2) is 18.2 Å². The zero-order valence-corrected chi connectivity index (χ0v) is 10.3. The van der Waals surface area contributed by atoms with E-state index in [1.165, 1.54) is 18.9 Å². The minimum absolute atomic E-state index is 0.176. The summed E-state index contributed by atoms with van der Waals surface area (Å²) in [6, 6.07) is 4.91. The van der Waals surface area contributed by atoms with Crippen molar-refractivity contribution < 1.29 is 9.50 Å². The maximum atomic E-state index is 12.9. The van der Waals surface area contributed by atoms with E-state index in [-0.39, 0.29) is 12.4 Å². The molecule has 17 heavy (non-hydrogen) atoms. The molecule has 0 aliphatic heterocycles. The summed E-state index contributed by atoms with van der Waals surface area (Å²) in [7, 11) is 0. The lowest BCUT2D eigenvalue weighted by Crippen LogP contribution is -2.24. The number of hydrogen-bond donors (Lipinski definition) is 2. The van der Waals surface area contributed by atoms with Gasteiger partial charge in [-0.25, -0.2) is 4.39 Å². The Morgan fingerprint density at radius 1 is 1.41 bits per heavy atom. The van der Waals surface area contributed by atoms with Crippen LogP contribution in [0.25, 0.3) is 0 Å². The van der Waals surface area contributed by atoms with Gasteiger partial charge in [0.1, 0.15) is 5.82 Å². The zero-order chi connectivity index (χ0) is 12.3. The van der Waals surface area contributed by atoms with Crippen LogP contribution in [0, 0.1) is 18.2 Å². The summed E-state index contributed by atoms with van der Waals surface area (Å²) in [5, 5.41) is 12.4. The summed E-state index contributed by atoms with van der Waals surface area (Å²) in [4.78, 5) is 0. The van der Waals surface area contributed by atoms with Crippen LogP contribution in [0.2, 0.25) is 0 Å². The van der Waals surface area contributed by atoms with E-state index in [2.05, 4.69) is 5.32 Å². The predicted octanol–water partition coefficient (Wildman–Crippen LogP) is 2.39. The number of aliphatic hydroxyl groups is 1. The molecule has 0 amide bonds. The number of nitrogens with one attached hydrogen (secondary N) is 1. The highest BCUT2D eigenvalue weighted by Gasteiger charge is 2.41. The van der Waals surface area contributed by atoms with E-state index < -0.39 is 0 Å². The van der Waals surface area contributed by atoms with E-state index in [1.807, 2.05) is 13.0 Å². The molecule has 2 N–H and O–H groups in total. The number of halogens is 1. The summed E-state index contributed by atoms with van der Waals surface area (Å²) >= 11 is 0. The average molecular weight is 237 g/mol. The fourth-order valence-corrected chi connectivity index (χ4v) is 2.25. The lowest BCUT2D eigenvalue weighted by Gasteiger charge is -2.15. The van der Waals surface area contributed by atoms with Crippen molar-refractivity contribution in [3.8, 4) is 0 Å². The van der Waals surface area contributed by atoms with Crippen LogP contribution in [-0.4, -0.2) is 18.3 Å². The highest BCUT2D eigenvalue weighted by atomic mass is 19.1. The highest BCUT2D eigenvalue weighted by Crippen LogP contribution is 2.47. The Morgan fingerprint density at radius 3 is 2.76 bits per heavy atom. The van der Waals surface area contributed by atoms with Crippen LogP contribution in [0.5, 0.6) is 0 Å². The van der Waals surface area contributed by atoms with Crippen molar-refractivity contribution >= 4 is 0 Å². The van der Waals surface area contributed by atoms with Crippen molar-refractivity contribution in [2.75, 3.05) is 13.2 Å². The van der Waals surface area contributed by atoms with Crippen molar-refractivity contribution in [1.29, 1.82) is 0 Å². The molecule has 0 bridgehead atoms. The maximum Gasteiger partial charge on any atom is 0.123 e. The minimum Gasteiger partial charge on any atom is -0.396 e. The van der Waals surface area contributed by atoms with Crippen molar-refractivity contribution in [1.82, 2.24) is 5.32 Å². The van der Waals surface area contributed by atoms with E-state index >= 15 is 0 Å². The molecule has 0 radical (unpaired) electrons. The summed E-state index contributed by atoms with van der Waals surface area (Å²) in [6.07, 6.45) is 3.31. The quantitative estimate of drug-likeness (QED) is 0.796. The van der Waals surface area contributed by atoms with Gasteiger partial charge in [-0.05, 0) is 54.9 Å². The standard InChI is InChI=1S/C14H20FNO/c1-11-8-13(15)3-2-12(11)9-16-10-14(4-5-14)6-7-17/h2-3,8,16-17H,4-7,9-10H2,1H3. The van der Waals surface area contributed by atoms with Gasteiger partial charge in [-0.1, -0.05) is 6.07 Å². The molecule has 2 rings (SSSR count). The molecule has 0 spiro atoms. The number of benzene rings is 1. The van der Waals surface area contributed by atoms with Gasteiger partial charge >= 0.3 is 0 Å². The smallest absolute Gasteiger partial charge is 0.123 e. The molecular weight excluding hydrogens is 217 g/mol. The van der Waals surface area contributed by atoms with Crippen molar-refractivity contribution in [2.24, 2.45) is 5.41 Å². The molecule has 94 valence electrons. The van der Waals surface area contributed by atoms with Gasteiger partial charge in [-0.2, -0.15) is 0 Å². The summed E-state index contributed by atoms with van der Waals surface area (Å²) in [6.45, 7) is 3.93. The lowest BCUT2D eigenvalue weighted by molar-refractivity contribution is 0.245. The molecule has 2 nitrogen and oxygen atoms in total. The Hall–Kier alpha value is -0.930. The SMILES string of the molecule is Cc1cc(F)ccc1CNCC1(CCO)CC1. The second kappa shape index (κ2) is 5.15. The fourth-order valence-electron chi connectivity index (χ4n) is 2.25. The first-order chi connectivity index (χ1) is 8.15. The highest BCUT2D eigenvalue weighted by molar-refractivity contribution is 5.26. The van der Waals surface area contributed by atoms with Gasteiger partial charge in [-0.3, -0.25) is 0 Å². The fraction of sp³-hybridized carbons (Fsp3) is 0.571. The molecule has 1 aliphatic rings. The monoisotopic (exact) mass is 237 g/mol. The third-order valence-corrected chi connectivity index (χ3v) is 3.72. The van der Waals surface area contributed by atoms with Gasteiger partial charge in [0.2, 0.25) is 0 Å². The number of aryl methyl sites for hydroxylation is 1. The Bertz CT molecular complexity index is 388. The third-order valence-electron chi connectivity index (χ3n) is 3.72. The Kier molecular flexibility index (Phi) is 3.79. The molecule has 0 saturated heterocycles. The van der Waals surface area contributed by atoms with Gasteiger partial charge in [0, 0.05) is 19.7 Å². The van der Waals surface area contributed by atoms with Gasteiger partial charge in [0.15, 0.2) is 0 Å². The summed E-state index contributed by atoms with van der Waals surface area (Å²) in [5.74, 6) is -0.176. The van der Waals surface area contributed by atoms with Crippen molar-refractivity contribution in [2.45, 2.75) is 32.7 Å². The Balaban J connectivity index is 1.82. The Morgan fingerprint density at radius 2 is 2.18 bits per heavy atom. The van der Waals surface area contributed by atoms with Crippen LogP contribution < -0.4 is 5.32 Å². The number of rotatable bonds is 6. The molecule has 0 heterocycles. The molecule has 1 fully saturated rings. The van der Waals surface area contributed by atoms with Crippen LogP contribution in [0.3, 0.4) is 0 Å². The van der Waals surface area contributed by atoms with E-state index in [9.17, 15) is 4.39 Å². The first kappa shape index (κ1) is 12.5. The lowest BCUT2D eigenvalue weighted by atomic mass is 10.0. The van der Waals surface area contributed by atoms with Gasteiger partial charge in [-0.15, -0.1) is 0 Å². The molecule has 0 aromatic heterocycles. The van der Waals surface area contributed by atoms with E-state index in [0.717, 1.165) is 30.6 Å². The second-order valence-corrected chi connectivity index (χ2v) is 5.15. The number of hydrogen-bond acceptors (Lipinski definition) is 2. The maximum absolute atomic E-state index is 12.9. The van der Waals surface area contributed by atoms with E-state index in [1.54, 1.807) is 6.07 Å². The molecule has 0 unspecified atom stereocenters. The molecular formula is C14H20FNO. The largest absolute Gasteiger partial charge is 0.396 e. The molecule has 1 saturated carbocycles. The van der Waals surface area contributed by atoms with Crippen molar-refractivity contribution in [3.05, 3.63) is 35.1 Å². The van der Waals surface area contributed by atoms with Gasteiger partial charge in [0.05, 0.1) is 0 Å². The van der Waals surface area contributed by atoms with Crippen LogP contribution in [-0.2, 0) is 6.54 Å². The topological polar surface area (TPSA) is 32.3 Å².